The zero-order valence-electron chi connectivity index (χ0n) is 10.1. The topological polar surface area (TPSA) is 80.8 Å². The lowest BCUT2D eigenvalue weighted by atomic mass is 10.2. The standard InChI is InChI=1S/C13H12N6/c14-8-1-2-15-12(18-8)6-3-16-13(17-4-6)19-5-7-9-10(7)11(9)19/h1-4,7,9-11H,5H2,(H2,14,15,18). The van der Waals surface area contributed by atoms with Gasteiger partial charge in [0.05, 0.1) is 5.56 Å². The van der Waals surface area contributed by atoms with E-state index in [2.05, 4.69) is 24.8 Å². The van der Waals surface area contributed by atoms with Gasteiger partial charge < -0.3 is 10.6 Å². The summed E-state index contributed by atoms with van der Waals surface area (Å²) in [5.41, 5.74) is 6.45. The Morgan fingerprint density at radius 2 is 1.95 bits per heavy atom. The maximum absolute atomic E-state index is 5.65. The first-order valence-electron chi connectivity index (χ1n) is 6.50. The first-order chi connectivity index (χ1) is 9.33. The van der Waals surface area contributed by atoms with Gasteiger partial charge in [-0.05, 0) is 23.8 Å². The molecule has 0 amide bonds. The van der Waals surface area contributed by atoms with Crippen LogP contribution in [0.15, 0.2) is 24.7 Å². The number of piperidine rings is 1. The monoisotopic (exact) mass is 252 g/mol. The first kappa shape index (κ1) is 9.66. The van der Waals surface area contributed by atoms with Gasteiger partial charge in [0, 0.05) is 31.2 Å². The number of hydrogen-bond donors (Lipinski definition) is 1. The third kappa shape index (κ3) is 1.21. The van der Waals surface area contributed by atoms with Crippen LogP contribution in [-0.2, 0) is 0 Å². The highest BCUT2D eigenvalue weighted by atomic mass is 15.4. The molecule has 0 spiro atoms. The fourth-order valence-electron chi connectivity index (χ4n) is 3.45. The average molecular weight is 252 g/mol. The zero-order valence-corrected chi connectivity index (χ0v) is 10.1. The number of nitrogens with two attached hydrogens (primary N) is 1. The number of nitrogen functional groups attached to an aromatic ring is 1. The summed E-state index contributed by atoms with van der Waals surface area (Å²) >= 11 is 0. The van der Waals surface area contributed by atoms with E-state index in [-0.39, 0.29) is 0 Å². The zero-order chi connectivity index (χ0) is 12.6. The quantitative estimate of drug-likeness (QED) is 0.842. The maximum Gasteiger partial charge on any atom is 0.225 e. The molecule has 4 heterocycles. The molecule has 2 atom stereocenters. The Morgan fingerprint density at radius 3 is 2.58 bits per heavy atom. The molecule has 2 aliphatic carbocycles. The maximum atomic E-state index is 5.65. The van der Waals surface area contributed by atoms with E-state index in [1.807, 2.05) is 0 Å². The highest BCUT2D eigenvalue weighted by molar-refractivity contribution is 5.56. The molecule has 0 aromatic carbocycles. The Morgan fingerprint density at radius 1 is 1.16 bits per heavy atom. The molecular formula is C13H12N6. The van der Waals surface area contributed by atoms with Crippen LogP contribution in [0, 0.1) is 17.8 Å². The molecule has 19 heavy (non-hydrogen) atoms. The van der Waals surface area contributed by atoms with Crippen LogP contribution in [0.3, 0.4) is 0 Å². The smallest absolute Gasteiger partial charge is 0.225 e. The Bertz CT molecular complexity index is 652. The van der Waals surface area contributed by atoms with Crippen molar-refractivity contribution < 1.29 is 0 Å². The van der Waals surface area contributed by atoms with Crippen LogP contribution in [-0.4, -0.2) is 32.5 Å². The molecule has 0 radical (unpaired) electrons. The van der Waals surface area contributed by atoms with E-state index in [9.17, 15) is 0 Å². The lowest BCUT2D eigenvalue weighted by Gasteiger charge is -2.15. The summed E-state index contributed by atoms with van der Waals surface area (Å²) in [5, 5.41) is 0. The second-order valence-electron chi connectivity index (χ2n) is 5.54. The fourth-order valence-corrected chi connectivity index (χ4v) is 3.45. The van der Waals surface area contributed by atoms with Crippen molar-refractivity contribution in [1.29, 1.82) is 0 Å². The normalized spacial score (nSPS) is 33.2. The molecule has 2 saturated heterocycles. The van der Waals surface area contributed by atoms with Gasteiger partial charge in [-0.1, -0.05) is 0 Å². The highest BCUT2D eigenvalue weighted by Crippen LogP contribution is 2.75. The molecule has 2 saturated carbocycles. The minimum absolute atomic E-state index is 0.457. The second-order valence-corrected chi connectivity index (χ2v) is 5.54. The van der Waals surface area contributed by atoms with E-state index in [0.29, 0.717) is 11.6 Å². The summed E-state index contributed by atoms with van der Waals surface area (Å²) < 4.78 is 0. The van der Waals surface area contributed by atoms with Crippen LogP contribution >= 0.6 is 0 Å². The van der Waals surface area contributed by atoms with Crippen LogP contribution in [0.1, 0.15) is 0 Å². The van der Waals surface area contributed by atoms with E-state index in [1.54, 1.807) is 24.7 Å². The fraction of sp³-hybridized carbons (Fsp3) is 0.385. The van der Waals surface area contributed by atoms with Crippen LogP contribution in [0.25, 0.3) is 11.4 Å². The molecule has 4 fully saturated rings. The van der Waals surface area contributed by atoms with E-state index in [1.165, 1.54) is 0 Å². The number of nitrogens with zero attached hydrogens (tertiary/aromatic N) is 5. The third-order valence-corrected chi connectivity index (χ3v) is 4.54. The van der Waals surface area contributed by atoms with Crippen molar-refractivity contribution >= 4 is 11.8 Å². The molecule has 2 aliphatic heterocycles. The molecule has 6 heteroatoms. The summed E-state index contributed by atoms with van der Waals surface area (Å²) in [7, 11) is 0. The number of anilines is 2. The predicted molar refractivity (Wildman–Crippen MR) is 69.1 cm³/mol. The number of hydrogen-bond acceptors (Lipinski definition) is 6. The summed E-state index contributed by atoms with van der Waals surface area (Å²) in [6, 6.07) is 2.40. The van der Waals surface area contributed by atoms with Crippen molar-refractivity contribution in [1.82, 2.24) is 19.9 Å². The van der Waals surface area contributed by atoms with Crippen LogP contribution < -0.4 is 10.6 Å². The minimum Gasteiger partial charge on any atom is -0.384 e. The van der Waals surface area contributed by atoms with Crippen LogP contribution in [0.5, 0.6) is 0 Å². The highest BCUT2D eigenvalue weighted by Gasteiger charge is 2.81. The number of fused-ring (bicyclic) bond motifs is 1. The van der Waals surface area contributed by atoms with Gasteiger partial charge in [-0.2, -0.15) is 0 Å². The molecule has 6 nitrogen and oxygen atoms in total. The van der Waals surface area contributed by atoms with Gasteiger partial charge in [-0.15, -0.1) is 0 Å². The van der Waals surface area contributed by atoms with Gasteiger partial charge in [0.25, 0.3) is 0 Å². The van der Waals surface area contributed by atoms with Gasteiger partial charge in [-0.25, -0.2) is 19.9 Å². The summed E-state index contributed by atoms with van der Waals surface area (Å²) in [6.45, 7) is 1.13. The molecule has 2 aromatic heterocycles. The summed E-state index contributed by atoms with van der Waals surface area (Å²) in [5.74, 6) is 4.72. The van der Waals surface area contributed by atoms with Gasteiger partial charge in [-0.3, -0.25) is 0 Å². The van der Waals surface area contributed by atoms with Crippen molar-refractivity contribution in [3.05, 3.63) is 24.7 Å². The van der Waals surface area contributed by atoms with E-state index < -0.39 is 0 Å². The van der Waals surface area contributed by atoms with Crippen molar-refractivity contribution in [2.75, 3.05) is 17.2 Å². The molecule has 6 rings (SSSR count). The van der Waals surface area contributed by atoms with Gasteiger partial charge in [0.15, 0.2) is 5.82 Å². The first-order valence-corrected chi connectivity index (χ1v) is 6.50. The molecular weight excluding hydrogens is 240 g/mol. The number of rotatable bonds is 2. The molecule has 94 valence electrons. The molecule has 2 N–H and O–H groups in total. The van der Waals surface area contributed by atoms with Crippen LogP contribution in [0.4, 0.5) is 11.8 Å². The summed E-state index contributed by atoms with van der Waals surface area (Å²) in [6.07, 6.45) is 5.20. The Hall–Kier alpha value is -2.24. The lowest BCUT2D eigenvalue weighted by Crippen LogP contribution is -2.22. The SMILES string of the molecule is Nc1ccnc(-c2cnc(N3CC4C5C4C53)nc2)n1. The van der Waals surface area contributed by atoms with Crippen molar-refractivity contribution in [3.8, 4) is 11.4 Å². The summed E-state index contributed by atoms with van der Waals surface area (Å²) in [4.78, 5) is 19.6. The van der Waals surface area contributed by atoms with Crippen LogP contribution in [0.2, 0.25) is 0 Å². The molecule has 2 unspecified atom stereocenters. The average Bonchev–Trinajstić information content (AvgIpc) is 3.25. The lowest BCUT2D eigenvalue weighted by molar-refractivity contribution is 0.734. The Kier molecular flexibility index (Phi) is 1.53. The van der Waals surface area contributed by atoms with E-state index in [4.69, 9.17) is 5.73 Å². The van der Waals surface area contributed by atoms with Crippen molar-refractivity contribution in [2.45, 2.75) is 6.04 Å². The minimum atomic E-state index is 0.457. The predicted octanol–water partition coefficient (Wildman–Crippen LogP) is 0.580. The van der Waals surface area contributed by atoms with E-state index >= 15 is 0 Å². The number of aromatic nitrogens is 4. The van der Waals surface area contributed by atoms with Gasteiger partial charge in [0.1, 0.15) is 5.82 Å². The molecule has 4 aliphatic rings. The Labute approximate surface area is 109 Å². The Balaban J connectivity index is 1.46. The van der Waals surface area contributed by atoms with Crippen molar-refractivity contribution in [3.63, 3.8) is 0 Å². The van der Waals surface area contributed by atoms with Gasteiger partial charge >= 0.3 is 0 Å². The second kappa shape index (κ2) is 3.01. The van der Waals surface area contributed by atoms with E-state index in [0.717, 1.165) is 41.9 Å². The van der Waals surface area contributed by atoms with Gasteiger partial charge in [0.2, 0.25) is 5.95 Å². The largest absolute Gasteiger partial charge is 0.384 e. The molecule has 2 bridgehead atoms. The van der Waals surface area contributed by atoms with Crippen molar-refractivity contribution in [2.24, 2.45) is 17.8 Å². The third-order valence-electron chi connectivity index (χ3n) is 4.54. The molecule has 2 aromatic rings.